The highest BCUT2D eigenvalue weighted by atomic mass is 16.2. The van der Waals surface area contributed by atoms with Gasteiger partial charge in [0.1, 0.15) is 11.2 Å². The lowest BCUT2D eigenvalue weighted by Crippen LogP contribution is -2.65. The van der Waals surface area contributed by atoms with Crippen LogP contribution in [0, 0.1) is 6.92 Å². The quantitative estimate of drug-likeness (QED) is 0.651. The number of benzene rings is 2. The number of nitrogens with zero attached hydrogens (tertiary/aromatic N) is 2. The average molecular weight is 430 g/mol. The van der Waals surface area contributed by atoms with E-state index in [1.807, 2.05) is 46.7 Å². The Balaban J connectivity index is 1.50. The van der Waals surface area contributed by atoms with Crippen LogP contribution < -0.4 is 5.32 Å². The Kier molecular flexibility index (Phi) is 5.28. The molecule has 0 radical (unpaired) electrons. The zero-order valence-electron chi connectivity index (χ0n) is 18.9. The summed E-state index contributed by atoms with van der Waals surface area (Å²) in [7, 11) is 0. The molecule has 1 fully saturated rings. The molecule has 2 aromatic carbocycles. The van der Waals surface area contributed by atoms with E-state index in [9.17, 15) is 9.59 Å². The van der Waals surface area contributed by atoms with Crippen LogP contribution in [0.1, 0.15) is 54.2 Å². The van der Waals surface area contributed by atoms with Gasteiger partial charge in [-0.2, -0.15) is 0 Å². The summed E-state index contributed by atoms with van der Waals surface area (Å²) in [6, 6.07) is 18.6. The van der Waals surface area contributed by atoms with Gasteiger partial charge >= 0.3 is 0 Å². The first-order chi connectivity index (χ1) is 15.5. The van der Waals surface area contributed by atoms with Crippen LogP contribution in [0.15, 0.2) is 54.6 Å². The third kappa shape index (κ3) is 3.60. The van der Waals surface area contributed by atoms with Crippen LogP contribution in [0.3, 0.4) is 0 Å². The van der Waals surface area contributed by atoms with Crippen LogP contribution in [0.2, 0.25) is 0 Å². The van der Waals surface area contributed by atoms with Crippen molar-refractivity contribution in [2.45, 2.75) is 64.1 Å². The molecule has 1 N–H and O–H groups in total. The molecule has 5 rings (SSSR count). The molecular formula is C27H31N3O2. The molecule has 2 heterocycles. The number of para-hydroxylation sites is 1. The normalized spacial score (nSPS) is 21.2. The first kappa shape index (κ1) is 20.8. The Morgan fingerprint density at radius 2 is 1.81 bits per heavy atom. The Labute approximate surface area is 189 Å². The average Bonchev–Trinajstić information content (AvgIpc) is 3.43. The molecule has 1 atom stereocenters. The second-order valence-corrected chi connectivity index (χ2v) is 9.60. The van der Waals surface area contributed by atoms with Gasteiger partial charge in [0.15, 0.2) is 0 Å². The molecular weight excluding hydrogens is 398 g/mol. The van der Waals surface area contributed by atoms with Gasteiger partial charge in [-0.3, -0.25) is 9.59 Å². The van der Waals surface area contributed by atoms with E-state index in [1.165, 1.54) is 11.1 Å². The minimum atomic E-state index is -0.931. The molecule has 0 bridgehead atoms. The molecule has 0 saturated heterocycles. The minimum absolute atomic E-state index is 0.0370. The first-order valence-electron chi connectivity index (χ1n) is 11.7. The maximum Gasteiger partial charge on any atom is 0.271 e. The van der Waals surface area contributed by atoms with Gasteiger partial charge in [0.25, 0.3) is 5.91 Å². The number of aryl methyl sites for hydroxylation is 1. The van der Waals surface area contributed by atoms with E-state index in [-0.39, 0.29) is 17.9 Å². The topological polar surface area (TPSA) is 54.3 Å². The molecule has 1 aromatic heterocycles. The van der Waals surface area contributed by atoms with E-state index in [2.05, 4.69) is 36.5 Å². The van der Waals surface area contributed by atoms with E-state index < -0.39 is 5.54 Å². The van der Waals surface area contributed by atoms with Crippen LogP contribution in [0.25, 0.3) is 10.9 Å². The van der Waals surface area contributed by atoms with Crippen LogP contribution in [-0.4, -0.2) is 39.4 Å². The molecule has 166 valence electrons. The number of rotatable bonds is 5. The van der Waals surface area contributed by atoms with Crippen molar-refractivity contribution in [3.63, 3.8) is 0 Å². The molecule has 3 aromatic rings. The number of fused-ring (bicyclic) bond motifs is 3. The first-order valence-corrected chi connectivity index (χ1v) is 11.7. The predicted octanol–water partition coefficient (Wildman–Crippen LogP) is 4.47. The molecule has 5 nitrogen and oxygen atoms in total. The largest absolute Gasteiger partial charge is 0.351 e. The minimum Gasteiger partial charge on any atom is -0.351 e. The molecule has 0 spiro atoms. The summed E-state index contributed by atoms with van der Waals surface area (Å²) in [5.74, 6) is -0.103. The highest BCUT2D eigenvalue weighted by Gasteiger charge is 2.47. The summed E-state index contributed by atoms with van der Waals surface area (Å²) in [5, 5.41) is 4.31. The Morgan fingerprint density at radius 1 is 1.09 bits per heavy atom. The van der Waals surface area contributed by atoms with Crippen LogP contribution >= 0.6 is 0 Å². The van der Waals surface area contributed by atoms with E-state index in [0.29, 0.717) is 18.8 Å². The third-order valence-electron chi connectivity index (χ3n) is 7.26. The van der Waals surface area contributed by atoms with Gasteiger partial charge in [-0.1, -0.05) is 60.9 Å². The Morgan fingerprint density at radius 3 is 2.56 bits per heavy atom. The molecule has 1 aliphatic carbocycles. The molecule has 2 amide bonds. The third-order valence-corrected chi connectivity index (χ3v) is 7.26. The summed E-state index contributed by atoms with van der Waals surface area (Å²) in [6.45, 7) is 4.98. The lowest BCUT2D eigenvalue weighted by molar-refractivity contribution is -0.133. The number of hydrogen-bond donors (Lipinski definition) is 1. The smallest absolute Gasteiger partial charge is 0.271 e. The summed E-state index contributed by atoms with van der Waals surface area (Å²) in [4.78, 5) is 29.2. The predicted molar refractivity (Wildman–Crippen MR) is 127 cm³/mol. The van der Waals surface area contributed by atoms with Crippen molar-refractivity contribution < 1.29 is 9.59 Å². The lowest BCUT2D eigenvalue weighted by Gasteiger charge is -2.44. The molecule has 2 aliphatic rings. The number of hydrogen-bond acceptors (Lipinski definition) is 2. The Hall–Kier alpha value is -3.08. The zero-order chi connectivity index (χ0) is 22.3. The van der Waals surface area contributed by atoms with Gasteiger partial charge in [0, 0.05) is 23.5 Å². The number of carbonyl (C=O) groups excluding carboxylic acids is 2. The van der Waals surface area contributed by atoms with Crippen molar-refractivity contribution in [2.24, 2.45) is 0 Å². The number of carbonyl (C=O) groups is 2. The van der Waals surface area contributed by atoms with Gasteiger partial charge in [0.05, 0.1) is 6.54 Å². The van der Waals surface area contributed by atoms with Crippen molar-refractivity contribution in [3.8, 4) is 0 Å². The van der Waals surface area contributed by atoms with Gasteiger partial charge in [-0.15, -0.1) is 0 Å². The van der Waals surface area contributed by atoms with Crippen LogP contribution in [0.5, 0.6) is 0 Å². The van der Waals surface area contributed by atoms with E-state index in [1.54, 1.807) is 0 Å². The van der Waals surface area contributed by atoms with Crippen LogP contribution in [-0.2, 0) is 17.8 Å². The maximum atomic E-state index is 13.7. The fourth-order valence-corrected chi connectivity index (χ4v) is 5.26. The van der Waals surface area contributed by atoms with E-state index in [4.69, 9.17) is 0 Å². The van der Waals surface area contributed by atoms with E-state index >= 15 is 0 Å². The second kappa shape index (κ2) is 8.12. The fourth-order valence-electron chi connectivity index (χ4n) is 5.26. The van der Waals surface area contributed by atoms with Gasteiger partial charge in [-0.05, 0) is 50.8 Å². The number of nitrogens with one attached hydrogen (secondary N) is 1. The molecule has 1 aliphatic heterocycles. The highest BCUT2D eigenvalue weighted by Crippen LogP contribution is 2.33. The highest BCUT2D eigenvalue weighted by molar-refractivity contribution is 6.03. The second-order valence-electron chi connectivity index (χ2n) is 9.60. The van der Waals surface area contributed by atoms with Crippen LogP contribution in [0.4, 0.5) is 0 Å². The van der Waals surface area contributed by atoms with Gasteiger partial charge in [-0.25, -0.2) is 0 Å². The number of aromatic nitrogens is 1. The summed E-state index contributed by atoms with van der Waals surface area (Å²) in [6.07, 6.45) is 5.08. The molecule has 1 saturated carbocycles. The molecule has 32 heavy (non-hydrogen) atoms. The SMILES string of the molecule is Cc1ccc(CCN2C(=O)c3cc4ccccc4n3CC2(C)C(=O)NC2CCCC2)cc1. The Bertz CT molecular complexity index is 1160. The van der Waals surface area contributed by atoms with Crippen molar-refractivity contribution in [2.75, 3.05) is 6.54 Å². The molecule has 1 unspecified atom stereocenters. The standard InChI is InChI=1S/C27H31N3O2/c1-19-11-13-20(14-12-19)15-16-30-25(31)24-17-21-7-3-6-10-23(21)29(24)18-27(30,2)26(32)28-22-8-4-5-9-22/h3,6-7,10-14,17,22H,4-5,8-9,15-16,18H2,1-2H3,(H,28,32). The van der Waals surface area contributed by atoms with Crippen molar-refractivity contribution >= 4 is 22.7 Å². The molecule has 5 heteroatoms. The zero-order valence-corrected chi connectivity index (χ0v) is 18.9. The summed E-state index contributed by atoms with van der Waals surface area (Å²) in [5.41, 5.74) is 3.13. The van der Waals surface area contributed by atoms with Crippen molar-refractivity contribution in [1.82, 2.24) is 14.8 Å². The summed E-state index contributed by atoms with van der Waals surface area (Å²) < 4.78 is 2.04. The number of amides is 2. The fraction of sp³-hybridized carbons (Fsp3) is 0.407. The maximum absolute atomic E-state index is 13.7. The van der Waals surface area contributed by atoms with Crippen molar-refractivity contribution in [1.29, 1.82) is 0 Å². The van der Waals surface area contributed by atoms with Gasteiger partial charge in [0.2, 0.25) is 5.91 Å². The van der Waals surface area contributed by atoms with E-state index in [0.717, 1.165) is 43.0 Å². The van der Waals surface area contributed by atoms with Crippen molar-refractivity contribution in [3.05, 3.63) is 71.4 Å². The lowest BCUT2D eigenvalue weighted by atomic mass is 9.93. The monoisotopic (exact) mass is 429 g/mol. The van der Waals surface area contributed by atoms with Gasteiger partial charge < -0.3 is 14.8 Å². The summed E-state index contributed by atoms with van der Waals surface area (Å²) >= 11 is 0.